The van der Waals surface area contributed by atoms with Gasteiger partial charge in [-0.1, -0.05) is 35.3 Å². The summed E-state index contributed by atoms with van der Waals surface area (Å²) >= 11 is 11.9. The van der Waals surface area contributed by atoms with Crippen LogP contribution in [0.4, 0.5) is 0 Å². The van der Waals surface area contributed by atoms with Crippen LogP contribution in [0.2, 0.25) is 10.0 Å². The number of rotatable bonds is 2. The van der Waals surface area contributed by atoms with Gasteiger partial charge in [0.2, 0.25) is 0 Å². The Kier molecular flexibility index (Phi) is 3.24. The summed E-state index contributed by atoms with van der Waals surface area (Å²) in [4.78, 5) is 15.9. The molecule has 0 saturated heterocycles. The van der Waals surface area contributed by atoms with Gasteiger partial charge in [-0.3, -0.25) is 9.20 Å². The fourth-order valence-corrected chi connectivity index (χ4v) is 2.44. The number of aromatic nitrogens is 2. The lowest BCUT2D eigenvalue weighted by molar-refractivity contribution is 0.111. The number of fused-ring (bicyclic) bond motifs is 1. The zero-order chi connectivity index (χ0) is 14.3. The van der Waals surface area contributed by atoms with E-state index in [0.717, 1.165) is 23.1 Å². The van der Waals surface area contributed by atoms with Crippen molar-refractivity contribution in [2.45, 2.75) is 6.92 Å². The molecule has 0 N–H and O–H groups in total. The zero-order valence-corrected chi connectivity index (χ0v) is 12.1. The average molecular weight is 305 g/mol. The number of pyridine rings is 1. The van der Waals surface area contributed by atoms with Crippen LogP contribution in [0.25, 0.3) is 16.9 Å². The SMILES string of the molecule is Cc1ccc2nc(-c3ccc(Cl)c(Cl)c3)c(C=O)n2c1. The fraction of sp³-hybridized carbons (Fsp3) is 0.0667. The van der Waals surface area contributed by atoms with Crippen molar-refractivity contribution in [2.24, 2.45) is 0 Å². The molecule has 2 heterocycles. The highest BCUT2D eigenvalue weighted by atomic mass is 35.5. The first-order valence-corrected chi connectivity index (χ1v) is 6.75. The molecule has 1 aromatic carbocycles. The molecule has 0 amide bonds. The van der Waals surface area contributed by atoms with Crippen molar-refractivity contribution in [1.29, 1.82) is 0 Å². The van der Waals surface area contributed by atoms with Gasteiger partial charge in [0, 0.05) is 11.8 Å². The molecule has 3 rings (SSSR count). The van der Waals surface area contributed by atoms with Crippen molar-refractivity contribution in [3.63, 3.8) is 0 Å². The summed E-state index contributed by atoms with van der Waals surface area (Å²) < 4.78 is 1.78. The Morgan fingerprint density at radius 2 is 1.95 bits per heavy atom. The second-order valence-corrected chi connectivity index (χ2v) is 5.34. The normalized spacial score (nSPS) is 10.9. The number of hydrogen-bond acceptors (Lipinski definition) is 2. The molecule has 0 spiro atoms. The third-order valence-electron chi connectivity index (χ3n) is 3.11. The van der Waals surface area contributed by atoms with E-state index in [2.05, 4.69) is 4.98 Å². The fourth-order valence-electron chi connectivity index (χ4n) is 2.14. The van der Waals surface area contributed by atoms with E-state index in [1.54, 1.807) is 22.6 Å². The number of imidazole rings is 1. The molecule has 0 aliphatic heterocycles. The van der Waals surface area contributed by atoms with Gasteiger partial charge in [0.1, 0.15) is 17.0 Å². The lowest BCUT2D eigenvalue weighted by atomic mass is 10.1. The second-order valence-electron chi connectivity index (χ2n) is 4.53. The molecule has 0 aliphatic rings. The lowest BCUT2D eigenvalue weighted by Crippen LogP contribution is -1.93. The first-order chi connectivity index (χ1) is 9.60. The number of carbonyl (C=O) groups excluding carboxylic acids is 1. The van der Waals surface area contributed by atoms with E-state index in [1.165, 1.54) is 0 Å². The van der Waals surface area contributed by atoms with Crippen LogP contribution in [0.15, 0.2) is 36.5 Å². The minimum absolute atomic E-state index is 0.439. The maximum atomic E-state index is 11.4. The third-order valence-corrected chi connectivity index (χ3v) is 3.85. The Bertz CT molecular complexity index is 824. The number of carbonyl (C=O) groups is 1. The van der Waals surface area contributed by atoms with Crippen molar-refractivity contribution in [3.05, 3.63) is 57.8 Å². The lowest BCUT2D eigenvalue weighted by Gasteiger charge is -2.01. The Morgan fingerprint density at radius 3 is 2.65 bits per heavy atom. The Labute approximate surface area is 125 Å². The number of benzene rings is 1. The van der Waals surface area contributed by atoms with Gasteiger partial charge in [-0.2, -0.15) is 0 Å². The summed E-state index contributed by atoms with van der Waals surface area (Å²) in [6, 6.07) is 9.04. The largest absolute Gasteiger partial charge is 0.296 e. The van der Waals surface area contributed by atoms with Gasteiger partial charge >= 0.3 is 0 Å². The molecule has 3 nitrogen and oxygen atoms in total. The van der Waals surface area contributed by atoms with Gasteiger partial charge in [0.05, 0.1) is 10.0 Å². The second kappa shape index (κ2) is 4.93. The number of aryl methyl sites for hydroxylation is 1. The van der Waals surface area contributed by atoms with E-state index >= 15 is 0 Å². The highest BCUT2D eigenvalue weighted by Gasteiger charge is 2.14. The van der Waals surface area contributed by atoms with Crippen LogP contribution < -0.4 is 0 Å². The molecule has 0 bridgehead atoms. The van der Waals surface area contributed by atoms with E-state index in [9.17, 15) is 4.79 Å². The van der Waals surface area contributed by atoms with E-state index in [4.69, 9.17) is 23.2 Å². The van der Waals surface area contributed by atoms with Crippen LogP contribution in [0, 0.1) is 6.92 Å². The first kappa shape index (κ1) is 13.2. The summed E-state index contributed by atoms with van der Waals surface area (Å²) in [5.41, 5.74) is 3.64. The molecule has 0 fully saturated rings. The molecule has 3 aromatic rings. The van der Waals surface area contributed by atoms with E-state index < -0.39 is 0 Å². The van der Waals surface area contributed by atoms with Crippen molar-refractivity contribution in [1.82, 2.24) is 9.38 Å². The van der Waals surface area contributed by atoms with Crippen molar-refractivity contribution in [3.8, 4) is 11.3 Å². The van der Waals surface area contributed by atoms with E-state index in [0.29, 0.717) is 21.4 Å². The maximum Gasteiger partial charge on any atom is 0.169 e. The minimum atomic E-state index is 0.439. The van der Waals surface area contributed by atoms with Crippen LogP contribution in [-0.2, 0) is 0 Å². The molecule has 20 heavy (non-hydrogen) atoms. The first-order valence-electron chi connectivity index (χ1n) is 5.99. The minimum Gasteiger partial charge on any atom is -0.296 e. The van der Waals surface area contributed by atoms with Crippen LogP contribution >= 0.6 is 23.2 Å². The van der Waals surface area contributed by atoms with Crippen LogP contribution in [-0.4, -0.2) is 15.7 Å². The van der Waals surface area contributed by atoms with E-state index in [1.807, 2.05) is 25.3 Å². The number of halogens is 2. The number of hydrogen-bond donors (Lipinski definition) is 0. The third kappa shape index (κ3) is 2.09. The summed E-state index contributed by atoms with van der Waals surface area (Å²) in [5, 5.41) is 0.914. The quantitative estimate of drug-likeness (QED) is 0.656. The summed E-state index contributed by atoms with van der Waals surface area (Å²) in [6.45, 7) is 1.97. The van der Waals surface area contributed by atoms with Gasteiger partial charge in [-0.25, -0.2) is 4.98 Å². The van der Waals surface area contributed by atoms with Gasteiger partial charge in [-0.15, -0.1) is 0 Å². The molecule has 100 valence electrons. The van der Waals surface area contributed by atoms with Crippen LogP contribution in [0.1, 0.15) is 16.1 Å². The number of aldehydes is 1. The Balaban J connectivity index is 2.30. The maximum absolute atomic E-state index is 11.4. The molecule has 0 atom stereocenters. The van der Waals surface area contributed by atoms with E-state index in [-0.39, 0.29) is 0 Å². The molecule has 0 unspecified atom stereocenters. The molecular formula is C15H10Cl2N2O. The zero-order valence-electron chi connectivity index (χ0n) is 10.6. The monoisotopic (exact) mass is 304 g/mol. The molecule has 0 saturated carbocycles. The van der Waals surface area contributed by atoms with Gasteiger partial charge in [0.25, 0.3) is 0 Å². The van der Waals surface area contributed by atoms with Gasteiger partial charge in [-0.05, 0) is 30.7 Å². The van der Waals surface area contributed by atoms with Crippen LogP contribution in [0.5, 0.6) is 0 Å². The van der Waals surface area contributed by atoms with Crippen molar-refractivity contribution in [2.75, 3.05) is 0 Å². The predicted molar refractivity (Wildman–Crippen MR) is 80.8 cm³/mol. The molecular weight excluding hydrogens is 295 g/mol. The van der Waals surface area contributed by atoms with Gasteiger partial charge in [0.15, 0.2) is 6.29 Å². The summed E-state index contributed by atoms with van der Waals surface area (Å²) in [7, 11) is 0. The van der Waals surface area contributed by atoms with Gasteiger partial charge < -0.3 is 0 Å². The standard InChI is InChI=1S/C15H10Cl2N2O/c1-9-2-5-14-18-15(13(8-20)19(14)7-9)10-3-4-11(16)12(17)6-10/h2-8H,1H3. The predicted octanol–water partition coefficient (Wildman–Crippen LogP) is 4.43. The highest BCUT2D eigenvalue weighted by Crippen LogP contribution is 2.30. The Hall–Kier alpha value is -1.84. The average Bonchev–Trinajstić information content (AvgIpc) is 2.79. The summed E-state index contributed by atoms with van der Waals surface area (Å²) in [6.07, 6.45) is 2.68. The summed E-state index contributed by atoms with van der Waals surface area (Å²) in [5.74, 6) is 0. The van der Waals surface area contributed by atoms with Crippen LogP contribution in [0.3, 0.4) is 0 Å². The smallest absolute Gasteiger partial charge is 0.169 e. The molecule has 0 radical (unpaired) electrons. The van der Waals surface area contributed by atoms with Crippen molar-refractivity contribution < 1.29 is 4.79 Å². The molecule has 0 aliphatic carbocycles. The van der Waals surface area contributed by atoms with Crippen molar-refractivity contribution >= 4 is 35.1 Å². The Morgan fingerprint density at radius 1 is 1.15 bits per heavy atom. The molecule has 2 aromatic heterocycles. The topological polar surface area (TPSA) is 34.4 Å². The highest BCUT2D eigenvalue weighted by molar-refractivity contribution is 6.42. The number of nitrogens with zero attached hydrogens (tertiary/aromatic N) is 2. The molecule has 5 heteroatoms.